The highest BCUT2D eigenvalue weighted by Gasteiger charge is 2.33. The molecule has 0 spiro atoms. The number of carbonyl (C=O) groups excluding carboxylic acids is 1. The van der Waals surface area contributed by atoms with Gasteiger partial charge in [0, 0.05) is 25.6 Å². The minimum absolute atomic E-state index is 0.0581. The quantitative estimate of drug-likeness (QED) is 0.890. The number of rotatable bonds is 5. The Morgan fingerprint density at radius 2 is 2.05 bits per heavy atom. The number of aliphatic hydroxyl groups is 1. The maximum Gasteiger partial charge on any atom is 0.223 e. The molecule has 1 amide bonds. The average Bonchev–Trinajstić information content (AvgIpc) is 2.78. The van der Waals surface area contributed by atoms with E-state index in [-0.39, 0.29) is 17.8 Å². The number of β-amino-alcohol motifs (C(OH)–C–C–N with tert-alkyl or cyclic N) is 1. The first-order valence-electron chi connectivity index (χ1n) is 7.32. The monoisotopic (exact) mass is 294 g/mol. The van der Waals surface area contributed by atoms with E-state index in [1.165, 1.54) is 12.1 Å². The molecular formula is C16H23FN2O2. The summed E-state index contributed by atoms with van der Waals surface area (Å²) in [6, 6.07) is 6.32. The van der Waals surface area contributed by atoms with Crippen molar-refractivity contribution in [3.63, 3.8) is 0 Å². The van der Waals surface area contributed by atoms with Gasteiger partial charge in [-0.3, -0.25) is 4.79 Å². The lowest BCUT2D eigenvalue weighted by molar-refractivity contribution is -0.132. The third-order valence-electron chi connectivity index (χ3n) is 3.83. The van der Waals surface area contributed by atoms with Crippen LogP contribution in [0.15, 0.2) is 24.3 Å². The van der Waals surface area contributed by atoms with Crippen molar-refractivity contribution in [3.8, 4) is 0 Å². The maximum absolute atomic E-state index is 12.8. The molecule has 0 bridgehead atoms. The second-order valence-corrected chi connectivity index (χ2v) is 5.98. The summed E-state index contributed by atoms with van der Waals surface area (Å²) < 4.78 is 12.8. The van der Waals surface area contributed by atoms with Crippen molar-refractivity contribution in [2.24, 2.45) is 0 Å². The number of hydrogen-bond donors (Lipinski definition) is 1. The predicted octanol–water partition coefficient (Wildman–Crippen LogP) is 1.28. The van der Waals surface area contributed by atoms with Gasteiger partial charge in [0.2, 0.25) is 5.91 Å². The maximum atomic E-state index is 12.8. The highest BCUT2D eigenvalue weighted by atomic mass is 19.1. The third kappa shape index (κ3) is 4.51. The van der Waals surface area contributed by atoms with Crippen LogP contribution in [0.3, 0.4) is 0 Å². The standard InChI is InChI=1S/C16H23FN2O2/c1-18(2)10-14-9-15(20)11-19(14)16(21)8-5-12-3-6-13(17)7-4-12/h3-4,6-7,14-15,20H,5,8-11H2,1-2H3. The molecule has 1 aromatic carbocycles. The molecule has 1 aliphatic rings. The van der Waals surface area contributed by atoms with Crippen molar-refractivity contribution in [1.82, 2.24) is 9.80 Å². The highest BCUT2D eigenvalue weighted by molar-refractivity contribution is 5.77. The fourth-order valence-electron chi connectivity index (χ4n) is 2.84. The molecule has 0 radical (unpaired) electrons. The Morgan fingerprint density at radius 1 is 1.38 bits per heavy atom. The van der Waals surface area contributed by atoms with E-state index in [0.717, 1.165) is 12.1 Å². The fraction of sp³-hybridized carbons (Fsp3) is 0.562. The van der Waals surface area contributed by atoms with Crippen molar-refractivity contribution >= 4 is 5.91 Å². The number of halogens is 1. The summed E-state index contributed by atoms with van der Waals surface area (Å²) in [5.41, 5.74) is 0.952. The summed E-state index contributed by atoms with van der Waals surface area (Å²) in [5.74, 6) is -0.207. The van der Waals surface area contributed by atoms with Crippen LogP contribution in [0.5, 0.6) is 0 Å². The van der Waals surface area contributed by atoms with E-state index in [1.807, 2.05) is 19.0 Å². The largest absolute Gasteiger partial charge is 0.391 e. The first-order chi connectivity index (χ1) is 9.95. The molecule has 0 aromatic heterocycles. The summed E-state index contributed by atoms with van der Waals surface area (Å²) in [7, 11) is 3.93. The van der Waals surface area contributed by atoms with Gasteiger partial charge in [0.05, 0.1) is 6.10 Å². The van der Waals surface area contributed by atoms with Crippen molar-refractivity contribution in [2.45, 2.75) is 31.4 Å². The van der Waals surface area contributed by atoms with Crippen LogP contribution >= 0.6 is 0 Å². The second-order valence-electron chi connectivity index (χ2n) is 5.98. The number of likely N-dealkylation sites (N-methyl/N-ethyl adjacent to an activating group) is 1. The number of likely N-dealkylation sites (tertiary alicyclic amines) is 1. The molecular weight excluding hydrogens is 271 g/mol. The third-order valence-corrected chi connectivity index (χ3v) is 3.83. The van der Waals surface area contributed by atoms with Gasteiger partial charge in [-0.15, -0.1) is 0 Å². The zero-order chi connectivity index (χ0) is 15.4. The lowest BCUT2D eigenvalue weighted by Gasteiger charge is -2.26. The van der Waals surface area contributed by atoms with E-state index in [1.54, 1.807) is 17.0 Å². The molecule has 1 aromatic rings. The van der Waals surface area contributed by atoms with E-state index >= 15 is 0 Å². The molecule has 1 aliphatic heterocycles. The topological polar surface area (TPSA) is 43.8 Å². The molecule has 0 saturated carbocycles. The van der Waals surface area contributed by atoms with Crippen LogP contribution in [-0.2, 0) is 11.2 Å². The normalized spacial score (nSPS) is 22.0. The zero-order valence-electron chi connectivity index (χ0n) is 12.6. The molecule has 1 heterocycles. The molecule has 1 fully saturated rings. The first-order valence-corrected chi connectivity index (χ1v) is 7.32. The Morgan fingerprint density at radius 3 is 2.67 bits per heavy atom. The van der Waals surface area contributed by atoms with E-state index in [4.69, 9.17) is 0 Å². The van der Waals surface area contributed by atoms with Crippen LogP contribution in [0.1, 0.15) is 18.4 Å². The van der Waals surface area contributed by atoms with Gasteiger partial charge in [-0.2, -0.15) is 0 Å². The van der Waals surface area contributed by atoms with E-state index in [0.29, 0.717) is 25.8 Å². The van der Waals surface area contributed by atoms with Crippen LogP contribution in [-0.4, -0.2) is 60.1 Å². The van der Waals surface area contributed by atoms with Gasteiger partial charge in [-0.05, 0) is 44.6 Å². The Bertz CT molecular complexity index is 476. The van der Waals surface area contributed by atoms with E-state index in [2.05, 4.69) is 0 Å². The summed E-state index contributed by atoms with van der Waals surface area (Å²) in [6.45, 7) is 1.18. The number of aliphatic hydroxyl groups excluding tert-OH is 1. The molecule has 0 aliphatic carbocycles. The van der Waals surface area contributed by atoms with Crippen molar-refractivity contribution in [1.29, 1.82) is 0 Å². The van der Waals surface area contributed by atoms with Crippen molar-refractivity contribution in [3.05, 3.63) is 35.6 Å². The highest BCUT2D eigenvalue weighted by Crippen LogP contribution is 2.20. The smallest absolute Gasteiger partial charge is 0.223 e. The summed E-state index contributed by atoms with van der Waals surface area (Å²) in [5, 5.41) is 9.79. The molecule has 2 unspecified atom stereocenters. The second kappa shape index (κ2) is 7.00. The van der Waals surface area contributed by atoms with Crippen LogP contribution in [0.4, 0.5) is 4.39 Å². The van der Waals surface area contributed by atoms with Gasteiger partial charge in [0.1, 0.15) is 5.82 Å². The van der Waals surface area contributed by atoms with Crippen LogP contribution in [0.2, 0.25) is 0 Å². The van der Waals surface area contributed by atoms with Gasteiger partial charge in [-0.1, -0.05) is 12.1 Å². The van der Waals surface area contributed by atoms with E-state index in [9.17, 15) is 14.3 Å². The van der Waals surface area contributed by atoms with Crippen LogP contribution in [0.25, 0.3) is 0 Å². The molecule has 5 heteroatoms. The van der Waals surface area contributed by atoms with Crippen molar-refractivity contribution < 1.29 is 14.3 Å². The summed E-state index contributed by atoms with van der Waals surface area (Å²) >= 11 is 0. The Labute approximate surface area is 125 Å². The first kappa shape index (κ1) is 15.9. The Kier molecular flexibility index (Phi) is 5.31. The predicted molar refractivity (Wildman–Crippen MR) is 79.4 cm³/mol. The number of amides is 1. The fourth-order valence-corrected chi connectivity index (χ4v) is 2.84. The van der Waals surface area contributed by atoms with E-state index < -0.39 is 6.10 Å². The van der Waals surface area contributed by atoms with Gasteiger partial charge in [-0.25, -0.2) is 4.39 Å². The SMILES string of the molecule is CN(C)CC1CC(O)CN1C(=O)CCc1ccc(F)cc1. The van der Waals surface area contributed by atoms with Gasteiger partial charge in [0.15, 0.2) is 0 Å². The molecule has 1 N–H and O–H groups in total. The summed E-state index contributed by atoms with van der Waals surface area (Å²) in [6.07, 6.45) is 1.20. The number of nitrogens with zero attached hydrogens (tertiary/aromatic N) is 2. The minimum atomic E-state index is -0.426. The lowest BCUT2D eigenvalue weighted by Crippen LogP contribution is -2.41. The molecule has 21 heavy (non-hydrogen) atoms. The van der Waals surface area contributed by atoms with Gasteiger partial charge < -0.3 is 14.9 Å². The van der Waals surface area contributed by atoms with Crippen LogP contribution in [0, 0.1) is 5.82 Å². The molecule has 116 valence electrons. The molecule has 2 rings (SSSR count). The average molecular weight is 294 g/mol. The molecule has 4 nitrogen and oxygen atoms in total. The van der Waals surface area contributed by atoms with Gasteiger partial charge in [0.25, 0.3) is 0 Å². The Hall–Kier alpha value is -1.46. The van der Waals surface area contributed by atoms with Gasteiger partial charge >= 0.3 is 0 Å². The molecule has 1 saturated heterocycles. The number of hydrogen-bond acceptors (Lipinski definition) is 3. The Balaban J connectivity index is 1.90. The van der Waals surface area contributed by atoms with Crippen LogP contribution < -0.4 is 0 Å². The summed E-state index contributed by atoms with van der Waals surface area (Å²) in [4.78, 5) is 16.2. The number of benzene rings is 1. The number of aryl methyl sites for hydroxylation is 1. The zero-order valence-corrected chi connectivity index (χ0v) is 12.6. The van der Waals surface area contributed by atoms with Crippen molar-refractivity contribution in [2.75, 3.05) is 27.2 Å². The minimum Gasteiger partial charge on any atom is -0.391 e. The molecule has 2 atom stereocenters. The number of carbonyl (C=O) groups is 1. The lowest BCUT2D eigenvalue weighted by atomic mass is 10.1.